The lowest BCUT2D eigenvalue weighted by Crippen LogP contribution is -2.32. The first-order valence-electron chi connectivity index (χ1n) is 6.44. The lowest BCUT2D eigenvalue weighted by Gasteiger charge is -2.21. The Morgan fingerprint density at radius 1 is 1.14 bits per heavy atom. The molecule has 5 nitrogen and oxygen atoms in total. The van der Waals surface area contributed by atoms with Crippen LogP contribution in [0.5, 0.6) is 5.75 Å². The maximum atomic E-state index is 12.1. The Kier molecular flexibility index (Phi) is 3.75. The van der Waals surface area contributed by atoms with Crippen LogP contribution in [0.2, 0.25) is 5.02 Å². The van der Waals surface area contributed by atoms with Crippen LogP contribution in [0.4, 0.5) is 0 Å². The van der Waals surface area contributed by atoms with Crippen LogP contribution in [0.25, 0.3) is 0 Å². The Morgan fingerprint density at radius 2 is 1.82 bits per heavy atom. The summed E-state index contributed by atoms with van der Waals surface area (Å²) in [4.78, 5) is 27.8. The van der Waals surface area contributed by atoms with Gasteiger partial charge in [0.25, 0.3) is 5.91 Å². The molecule has 0 bridgehead atoms. The number of para-hydroxylation sites is 1. The van der Waals surface area contributed by atoms with Gasteiger partial charge in [-0.1, -0.05) is 41.9 Å². The number of rotatable bonds is 1. The molecule has 1 N–H and O–H groups in total. The SMILES string of the molecule is O=C1Oc2ccccc2C(O)C1=NC(=O)c1ccccc1Cl. The molecule has 1 amide bonds. The van der Waals surface area contributed by atoms with Crippen molar-refractivity contribution in [3.8, 4) is 5.75 Å². The Labute approximate surface area is 130 Å². The maximum absolute atomic E-state index is 12.1. The Morgan fingerprint density at radius 3 is 2.59 bits per heavy atom. The highest BCUT2D eigenvalue weighted by molar-refractivity contribution is 6.42. The molecule has 110 valence electrons. The van der Waals surface area contributed by atoms with Crippen LogP contribution in [-0.4, -0.2) is 22.7 Å². The van der Waals surface area contributed by atoms with Crippen LogP contribution in [0.1, 0.15) is 22.0 Å². The predicted octanol–water partition coefficient (Wildman–Crippen LogP) is 2.57. The van der Waals surface area contributed by atoms with Crippen molar-refractivity contribution in [1.29, 1.82) is 0 Å². The molecule has 0 saturated carbocycles. The molecule has 1 aliphatic heterocycles. The van der Waals surface area contributed by atoms with E-state index in [1.165, 1.54) is 6.07 Å². The second-order valence-corrected chi connectivity index (χ2v) is 5.02. The van der Waals surface area contributed by atoms with Crippen molar-refractivity contribution in [2.75, 3.05) is 0 Å². The number of ether oxygens (including phenoxy) is 1. The number of fused-ring (bicyclic) bond motifs is 1. The minimum atomic E-state index is -1.32. The number of benzene rings is 2. The summed E-state index contributed by atoms with van der Waals surface area (Å²) >= 11 is 5.92. The zero-order valence-corrected chi connectivity index (χ0v) is 11.9. The van der Waals surface area contributed by atoms with Gasteiger partial charge in [-0.2, -0.15) is 0 Å². The van der Waals surface area contributed by atoms with Gasteiger partial charge < -0.3 is 9.84 Å². The number of aliphatic hydroxyl groups is 1. The third kappa shape index (κ3) is 2.52. The fourth-order valence-electron chi connectivity index (χ4n) is 2.12. The minimum Gasteiger partial charge on any atom is -0.422 e. The number of nitrogens with zero attached hydrogens (tertiary/aromatic N) is 1. The van der Waals surface area contributed by atoms with E-state index in [0.29, 0.717) is 5.56 Å². The fourth-order valence-corrected chi connectivity index (χ4v) is 2.34. The molecule has 0 saturated heterocycles. The summed E-state index contributed by atoms with van der Waals surface area (Å²) < 4.78 is 5.07. The number of aliphatic hydroxyl groups excluding tert-OH is 1. The standard InChI is InChI=1S/C16H10ClNO4/c17-11-7-3-1-5-9(11)15(20)18-13-14(19)10-6-2-4-8-12(10)22-16(13)21/h1-8,14,19H. The Hall–Kier alpha value is -2.50. The zero-order valence-electron chi connectivity index (χ0n) is 11.2. The number of halogens is 1. The molecule has 22 heavy (non-hydrogen) atoms. The van der Waals surface area contributed by atoms with Gasteiger partial charge in [0, 0.05) is 5.56 Å². The van der Waals surface area contributed by atoms with Crippen LogP contribution < -0.4 is 4.74 Å². The maximum Gasteiger partial charge on any atom is 0.361 e. The second kappa shape index (κ2) is 5.71. The summed E-state index contributed by atoms with van der Waals surface area (Å²) in [5.41, 5.74) is 0.173. The van der Waals surface area contributed by atoms with Crippen LogP contribution in [0, 0.1) is 0 Å². The largest absolute Gasteiger partial charge is 0.422 e. The monoisotopic (exact) mass is 315 g/mol. The summed E-state index contributed by atoms with van der Waals surface area (Å²) in [5, 5.41) is 10.5. The molecule has 2 aromatic rings. The fraction of sp³-hybridized carbons (Fsp3) is 0.0625. The molecule has 2 aromatic carbocycles. The van der Waals surface area contributed by atoms with Gasteiger partial charge in [-0.05, 0) is 18.2 Å². The molecule has 0 radical (unpaired) electrons. The van der Waals surface area contributed by atoms with Crippen LogP contribution in [0.15, 0.2) is 53.5 Å². The van der Waals surface area contributed by atoms with Crippen molar-refractivity contribution in [2.45, 2.75) is 6.10 Å². The topological polar surface area (TPSA) is 76.0 Å². The first-order chi connectivity index (χ1) is 10.6. The number of esters is 1. The average Bonchev–Trinajstić information content (AvgIpc) is 2.51. The summed E-state index contributed by atoms with van der Waals surface area (Å²) in [7, 11) is 0. The van der Waals surface area contributed by atoms with E-state index in [1.807, 2.05) is 0 Å². The van der Waals surface area contributed by atoms with Crippen molar-refractivity contribution in [3.05, 3.63) is 64.7 Å². The highest BCUT2D eigenvalue weighted by atomic mass is 35.5. The highest BCUT2D eigenvalue weighted by Gasteiger charge is 2.33. The average molecular weight is 316 g/mol. The molecular weight excluding hydrogens is 306 g/mol. The Balaban J connectivity index is 2.00. The molecule has 0 aromatic heterocycles. The molecule has 1 unspecified atom stereocenters. The van der Waals surface area contributed by atoms with Gasteiger partial charge >= 0.3 is 5.97 Å². The predicted molar refractivity (Wildman–Crippen MR) is 80.3 cm³/mol. The van der Waals surface area contributed by atoms with Gasteiger partial charge in [0.15, 0.2) is 5.71 Å². The van der Waals surface area contributed by atoms with Gasteiger partial charge in [0.1, 0.15) is 11.9 Å². The van der Waals surface area contributed by atoms with E-state index >= 15 is 0 Å². The van der Waals surface area contributed by atoms with E-state index in [-0.39, 0.29) is 22.0 Å². The smallest absolute Gasteiger partial charge is 0.361 e. The first kappa shape index (κ1) is 14.4. The lowest BCUT2D eigenvalue weighted by molar-refractivity contribution is -0.128. The number of carbonyl (C=O) groups excluding carboxylic acids is 2. The number of hydrogen-bond donors (Lipinski definition) is 1. The van der Waals surface area contributed by atoms with E-state index in [1.54, 1.807) is 42.5 Å². The quantitative estimate of drug-likeness (QED) is 0.648. The molecule has 0 spiro atoms. The summed E-state index contributed by atoms with van der Waals surface area (Å²) in [6.45, 7) is 0. The first-order valence-corrected chi connectivity index (χ1v) is 6.82. The molecule has 1 atom stereocenters. The van der Waals surface area contributed by atoms with Gasteiger partial charge in [-0.15, -0.1) is 0 Å². The molecular formula is C16H10ClNO4. The van der Waals surface area contributed by atoms with Crippen LogP contribution >= 0.6 is 11.6 Å². The minimum absolute atomic E-state index is 0.149. The van der Waals surface area contributed by atoms with E-state index in [0.717, 1.165) is 0 Å². The van der Waals surface area contributed by atoms with Gasteiger partial charge in [-0.3, -0.25) is 4.79 Å². The van der Waals surface area contributed by atoms with Crippen molar-refractivity contribution in [2.24, 2.45) is 4.99 Å². The number of aliphatic imine (C=N–C) groups is 1. The van der Waals surface area contributed by atoms with E-state index in [9.17, 15) is 14.7 Å². The molecule has 0 fully saturated rings. The third-order valence-electron chi connectivity index (χ3n) is 3.21. The molecule has 1 aliphatic rings. The van der Waals surface area contributed by atoms with Gasteiger partial charge in [0.2, 0.25) is 0 Å². The third-order valence-corrected chi connectivity index (χ3v) is 3.54. The molecule has 6 heteroatoms. The lowest BCUT2D eigenvalue weighted by atomic mass is 10.0. The highest BCUT2D eigenvalue weighted by Crippen LogP contribution is 2.31. The van der Waals surface area contributed by atoms with E-state index < -0.39 is 18.0 Å². The van der Waals surface area contributed by atoms with E-state index in [2.05, 4.69) is 4.99 Å². The summed E-state index contributed by atoms with van der Waals surface area (Å²) in [6.07, 6.45) is -1.32. The normalized spacial score (nSPS) is 18.7. The van der Waals surface area contributed by atoms with Crippen molar-refractivity contribution in [3.63, 3.8) is 0 Å². The number of carbonyl (C=O) groups is 2. The zero-order chi connectivity index (χ0) is 15.7. The number of hydrogen-bond acceptors (Lipinski definition) is 4. The molecule has 1 heterocycles. The number of amides is 1. The van der Waals surface area contributed by atoms with Crippen molar-refractivity contribution in [1.82, 2.24) is 0 Å². The Bertz CT molecular complexity index is 800. The van der Waals surface area contributed by atoms with Crippen molar-refractivity contribution < 1.29 is 19.4 Å². The summed E-state index contributed by atoms with van der Waals surface area (Å²) in [5.74, 6) is -1.31. The van der Waals surface area contributed by atoms with Crippen LogP contribution in [-0.2, 0) is 4.79 Å². The van der Waals surface area contributed by atoms with Gasteiger partial charge in [0.05, 0.1) is 10.6 Å². The van der Waals surface area contributed by atoms with Crippen LogP contribution in [0.3, 0.4) is 0 Å². The molecule has 3 rings (SSSR count). The van der Waals surface area contributed by atoms with E-state index in [4.69, 9.17) is 16.3 Å². The molecule has 0 aliphatic carbocycles. The second-order valence-electron chi connectivity index (χ2n) is 4.61. The van der Waals surface area contributed by atoms with Gasteiger partial charge in [-0.25, -0.2) is 9.79 Å². The summed E-state index contributed by atoms with van der Waals surface area (Å²) in [6, 6.07) is 12.9. The van der Waals surface area contributed by atoms with Crippen molar-refractivity contribution >= 4 is 29.2 Å².